The van der Waals surface area contributed by atoms with E-state index in [1.54, 1.807) is 12.5 Å². The number of nitrogens with one attached hydrogen (secondary N) is 1. The van der Waals surface area contributed by atoms with Crippen LogP contribution in [0.3, 0.4) is 0 Å². The van der Waals surface area contributed by atoms with Gasteiger partial charge in [0.15, 0.2) is 0 Å². The third kappa shape index (κ3) is 4.08. The fourth-order valence-electron chi connectivity index (χ4n) is 2.06. The molecule has 6 heteroatoms. The third-order valence-electron chi connectivity index (χ3n) is 3.23. The molecule has 1 aromatic rings. The first-order chi connectivity index (χ1) is 9.46. The van der Waals surface area contributed by atoms with Crippen molar-refractivity contribution in [1.29, 1.82) is 0 Å². The molecule has 1 aliphatic heterocycles. The van der Waals surface area contributed by atoms with Crippen LogP contribution in [0.25, 0.3) is 0 Å². The Balaban J connectivity index is 1.81. The van der Waals surface area contributed by atoms with Gasteiger partial charge in [0.2, 0.25) is 0 Å². The molecule has 1 saturated heterocycles. The van der Waals surface area contributed by atoms with Crippen LogP contribution >= 0.6 is 0 Å². The molecule has 0 aliphatic carbocycles. The molecule has 1 aromatic heterocycles. The molecule has 0 atom stereocenters. The molecule has 0 unspecified atom stereocenters. The fraction of sp³-hybridized carbons (Fsp3) is 0.643. The van der Waals surface area contributed by atoms with Crippen molar-refractivity contribution >= 4 is 11.8 Å². The van der Waals surface area contributed by atoms with E-state index in [-0.39, 0.29) is 11.4 Å². The van der Waals surface area contributed by atoms with Crippen LogP contribution in [-0.4, -0.2) is 53.6 Å². The Morgan fingerprint density at radius 2 is 2.00 bits per heavy atom. The summed E-state index contributed by atoms with van der Waals surface area (Å²) in [6.45, 7) is 10.1. The van der Waals surface area contributed by atoms with Crippen molar-refractivity contribution in [3.8, 4) is 0 Å². The summed E-state index contributed by atoms with van der Waals surface area (Å²) in [7, 11) is 0. The highest BCUT2D eigenvalue weighted by Gasteiger charge is 2.22. The molecule has 0 aromatic carbocycles. The van der Waals surface area contributed by atoms with Crippen molar-refractivity contribution in [2.75, 3.05) is 37.6 Å². The number of urea groups is 1. The zero-order valence-corrected chi connectivity index (χ0v) is 12.5. The highest BCUT2D eigenvalue weighted by molar-refractivity contribution is 5.74. The number of hydrogen-bond acceptors (Lipinski definition) is 4. The van der Waals surface area contributed by atoms with E-state index in [0.717, 1.165) is 32.0 Å². The molecule has 2 heterocycles. The smallest absolute Gasteiger partial charge is 0.317 e. The van der Waals surface area contributed by atoms with Crippen molar-refractivity contribution in [3.05, 3.63) is 18.6 Å². The molecule has 1 fully saturated rings. The molecule has 0 spiro atoms. The number of carbonyl (C=O) groups excluding carboxylic acids is 1. The Morgan fingerprint density at radius 1 is 1.30 bits per heavy atom. The van der Waals surface area contributed by atoms with Crippen molar-refractivity contribution in [1.82, 2.24) is 20.2 Å². The van der Waals surface area contributed by atoms with E-state index < -0.39 is 0 Å². The number of aromatic nitrogens is 2. The summed E-state index contributed by atoms with van der Waals surface area (Å²) < 4.78 is 0. The molecule has 20 heavy (non-hydrogen) atoms. The standard InChI is InChI=1S/C14H23N5O/c1-14(2,3)10-16-13(20)19-8-6-18(7-9-19)12-4-5-15-11-17-12/h4-5,11H,6-10H2,1-3H3,(H,16,20). The van der Waals surface area contributed by atoms with Gasteiger partial charge in [-0.25, -0.2) is 14.8 Å². The van der Waals surface area contributed by atoms with Gasteiger partial charge in [-0.05, 0) is 11.5 Å². The van der Waals surface area contributed by atoms with Crippen molar-refractivity contribution in [2.24, 2.45) is 5.41 Å². The Hall–Kier alpha value is -1.85. The first kappa shape index (κ1) is 14.6. The fourth-order valence-corrected chi connectivity index (χ4v) is 2.06. The number of piperazine rings is 1. The molecule has 110 valence electrons. The van der Waals surface area contributed by atoms with Gasteiger partial charge in [0.25, 0.3) is 0 Å². The summed E-state index contributed by atoms with van der Waals surface area (Å²) in [5, 5.41) is 2.99. The van der Waals surface area contributed by atoms with Crippen LogP contribution < -0.4 is 10.2 Å². The summed E-state index contributed by atoms with van der Waals surface area (Å²) in [4.78, 5) is 24.3. The van der Waals surface area contributed by atoms with Gasteiger partial charge in [0.05, 0.1) is 0 Å². The number of rotatable bonds is 2. The van der Waals surface area contributed by atoms with Gasteiger partial charge in [0, 0.05) is 38.9 Å². The number of anilines is 1. The second-order valence-electron chi connectivity index (χ2n) is 6.26. The van der Waals surface area contributed by atoms with Gasteiger partial charge in [-0.15, -0.1) is 0 Å². The van der Waals surface area contributed by atoms with Gasteiger partial charge in [-0.3, -0.25) is 0 Å². The number of hydrogen-bond donors (Lipinski definition) is 1. The maximum atomic E-state index is 12.1. The topological polar surface area (TPSA) is 61.4 Å². The lowest BCUT2D eigenvalue weighted by Gasteiger charge is -2.35. The van der Waals surface area contributed by atoms with Gasteiger partial charge < -0.3 is 15.1 Å². The van der Waals surface area contributed by atoms with Crippen molar-refractivity contribution in [3.63, 3.8) is 0 Å². The zero-order valence-electron chi connectivity index (χ0n) is 12.5. The molecule has 0 radical (unpaired) electrons. The summed E-state index contributed by atoms with van der Waals surface area (Å²) >= 11 is 0. The van der Waals surface area contributed by atoms with E-state index in [0.29, 0.717) is 6.54 Å². The average molecular weight is 277 g/mol. The van der Waals surface area contributed by atoms with E-state index in [1.807, 2.05) is 11.0 Å². The van der Waals surface area contributed by atoms with Crippen LogP contribution in [0, 0.1) is 5.41 Å². The van der Waals surface area contributed by atoms with Crippen LogP contribution in [0.2, 0.25) is 0 Å². The summed E-state index contributed by atoms with van der Waals surface area (Å²) in [6.07, 6.45) is 3.29. The molecular formula is C14H23N5O. The number of carbonyl (C=O) groups is 1. The minimum absolute atomic E-state index is 0.0299. The van der Waals surface area contributed by atoms with Crippen LogP contribution in [0.4, 0.5) is 10.6 Å². The Morgan fingerprint density at radius 3 is 2.55 bits per heavy atom. The molecule has 1 N–H and O–H groups in total. The highest BCUT2D eigenvalue weighted by atomic mass is 16.2. The SMILES string of the molecule is CC(C)(C)CNC(=O)N1CCN(c2ccncn2)CC1. The predicted octanol–water partition coefficient (Wildman–Crippen LogP) is 1.35. The van der Waals surface area contributed by atoms with Crippen LogP contribution in [0.15, 0.2) is 18.6 Å². The summed E-state index contributed by atoms with van der Waals surface area (Å²) in [6, 6.07) is 1.93. The van der Waals surface area contributed by atoms with Gasteiger partial charge in [-0.1, -0.05) is 20.8 Å². The molecular weight excluding hydrogens is 254 g/mol. The molecule has 0 saturated carbocycles. The quantitative estimate of drug-likeness (QED) is 0.886. The van der Waals surface area contributed by atoms with Gasteiger partial charge in [-0.2, -0.15) is 0 Å². The molecule has 6 nitrogen and oxygen atoms in total. The van der Waals surface area contributed by atoms with Crippen LogP contribution in [-0.2, 0) is 0 Å². The second kappa shape index (κ2) is 6.07. The summed E-state index contributed by atoms with van der Waals surface area (Å²) in [5.41, 5.74) is 0.110. The lowest BCUT2D eigenvalue weighted by molar-refractivity contribution is 0.189. The lowest BCUT2D eigenvalue weighted by atomic mass is 9.97. The first-order valence-electron chi connectivity index (χ1n) is 6.99. The third-order valence-corrected chi connectivity index (χ3v) is 3.23. The van der Waals surface area contributed by atoms with Crippen LogP contribution in [0.5, 0.6) is 0 Å². The normalized spacial score (nSPS) is 16.1. The largest absolute Gasteiger partial charge is 0.353 e. The number of amides is 2. The van der Waals surface area contributed by atoms with E-state index in [1.165, 1.54) is 0 Å². The molecule has 1 aliphatic rings. The highest BCUT2D eigenvalue weighted by Crippen LogP contribution is 2.13. The van der Waals surface area contributed by atoms with E-state index >= 15 is 0 Å². The molecule has 2 rings (SSSR count). The van der Waals surface area contributed by atoms with E-state index in [2.05, 4.69) is 41.0 Å². The van der Waals surface area contributed by atoms with E-state index in [4.69, 9.17) is 0 Å². The molecule has 2 amide bonds. The molecule has 0 bridgehead atoms. The van der Waals surface area contributed by atoms with Gasteiger partial charge >= 0.3 is 6.03 Å². The second-order valence-corrected chi connectivity index (χ2v) is 6.26. The van der Waals surface area contributed by atoms with Crippen molar-refractivity contribution in [2.45, 2.75) is 20.8 Å². The average Bonchev–Trinajstić information content (AvgIpc) is 2.45. The zero-order chi connectivity index (χ0) is 14.6. The Labute approximate surface area is 120 Å². The lowest BCUT2D eigenvalue weighted by Crippen LogP contribution is -2.52. The van der Waals surface area contributed by atoms with Crippen molar-refractivity contribution < 1.29 is 4.79 Å². The Bertz CT molecular complexity index is 435. The number of nitrogens with zero attached hydrogens (tertiary/aromatic N) is 4. The van der Waals surface area contributed by atoms with Crippen LogP contribution in [0.1, 0.15) is 20.8 Å². The first-order valence-corrected chi connectivity index (χ1v) is 6.99. The minimum atomic E-state index is 0.0299. The van der Waals surface area contributed by atoms with Gasteiger partial charge in [0.1, 0.15) is 12.1 Å². The van der Waals surface area contributed by atoms with E-state index in [9.17, 15) is 4.79 Å². The predicted molar refractivity (Wildman–Crippen MR) is 78.7 cm³/mol. The monoisotopic (exact) mass is 277 g/mol. The minimum Gasteiger partial charge on any atom is -0.353 e. The summed E-state index contributed by atoms with van der Waals surface area (Å²) in [5.74, 6) is 0.926. The maximum absolute atomic E-state index is 12.1. The maximum Gasteiger partial charge on any atom is 0.317 e. The Kier molecular flexibility index (Phi) is 4.42.